The van der Waals surface area contributed by atoms with Crippen LogP contribution in [0, 0.1) is 17.8 Å². The molecule has 0 N–H and O–H groups in total. The average Bonchev–Trinajstić information content (AvgIpc) is 2.53. The normalized spacial score (nSPS) is 21.3. The predicted octanol–water partition coefficient (Wildman–Crippen LogP) is 1.68. The minimum Gasteiger partial charge on any atom is -0.342 e. The number of piperazine rings is 1. The molecule has 0 bridgehead atoms. The van der Waals surface area contributed by atoms with Gasteiger partial charge in [0.2, 0.25) is 11.8 Å². The molecule has 2 aliphatic heterocycles. The van der Waals surface area contributed by atoms with Gasteiger partial charge in [0.15, 0.2) is 0 Å². The lowest BCUT2D eigenvalue weighted by atomic mass is 9.94. The van der Waals surface area contributed by atoms with Crippen LogP contribution < -0.4 is 0 Å². The Morgan fingerprint density at radius 3 is 1.91 bits per heavy atom. The van der Waals surface area contributed by atoms with Crippen LogP contribution in [0.3, 0.4) is 0 Å². The molecule has 0 saturated carbocycles. The molecule has 0 spiro atoms. The Bertz CT molecular complexity index is 406. The first-order chi connectivity index (χ1) is 10.9. The van der Waals surface area contributed by atoms with Gasteiger partial charge in [-0.15, -0.1) is 0 Å². The van der Waals surface area contributed by atoms with Gasteiger partial charge in [0.1, 0.15) is 0 Å². The highest BCUT2D eigenvalue weighted by molar-refractivity contribution is 5.81. The highest BCUT2D eigenvalue weighted by Crippen LogP contribution is 2.22. The molecule has 0 aromatic heterocycles. The van der Waals surface area contributed by atoms with Gasteiger partial charge in [-0.1, -0.05) is 27.7 Å². The Kier molecular flexibility index (Phi) is 6.45. The fourth-order valence-corrected chi connectivity index (χ4v) is 3.64. The molecule has 2 rings (SSSR count). The first-order valence-electron chi connectivity index (χ1n) is 9.18. The Hall–Kier alpha value is -1.10. The first kappa shape index (κ1) is 18.2. The van der Waals surface area contributed by atoms with Crippen LogP contribution in [0.2, 0.25) is 0 Å². The van der Waals surface area contributed by atoms with Crippen LogP contribution in [-0.4, -0.2) is 72.3 Å². The molecule has 2 fully saturated rings. The Morgan fingerprint density at radius 2 is 1.43 bits per heavy atom. The van der Waals surface area contributed by atoms with E-state index in [0.29, 0.717) is 11.8 Å². The van der Waals surface area contributed by atoms with Crippen LogP contribution in [0.15, 0.2) is 0 Å². The summed E-state index contributed by atoms with van der Waals surface area (Å²) in [6.45, 7) is 14.7. The summed E-state index contributed by atoms with van der Waals surface area (Å²) >= 11 is 0. The number of carbonyl (C=O) groups is 2. The number of piperidine rings is 1. The van der Waals surface area contributed by atoms with Crippen molar-refractivity contribution in [2.45, 2.75) is 40.5 Å². The van der Waals surface area contributed by atoms with E-state index >= 15 is 0 Å². The number of hydrogen-bond acceptors (Lipinski definition) is 3. The van der Waals surface area contributed by atoms with Gasteiger partial charge >= 0.3 is 0 Å². The van der Waals surface area contributed by atoms with Crippen molar-refractivity contribution in [1.82, 2.24) is 14.7 Å². The maximum Gasteiger partial charge on any atom is 0.225 e. The lowest BCUT2D eigenvalue weighted by molar-refractivity contribution is -0.143. The number of nitrogens with zero attached hydrogens (tertiary/aromatic N) is 3. The summed E-state index contributed by atoms with van der Waals surface area (Å²) in [5.41, 5.74) is 0. The van der Waals surface area contributed by atoms with Crippen molar-refractivity contribution in [1.29, 1.82) is 0 Å². The standard InChI is InChI=1S/C18H33N3O2/c1-14(2)13-19-9-11-21(12-10-19)18(23)16-5-7-20(8-6-16)17(22)15(3)4/h14-16H,5-13H2,1-4H3. The molecule has 0 aliphatic carbocycles. The molecule has 2 heterocycles. The van der Waals surface area contributed by atoms with Gasteiger partial charge in [-0.3, -0.25) is 14.5 Å². The monoisotopic (exact) mass is 323 g/mol. The van der Waals surface area contributed by atoms with Gasteiger partial charge in [-0.2, -0.15) is 0 Å². The number of hydrogen-bond donors (Lipinski definition) is 0. The summed E-state index contributed by atoms with van der Waals surface area (Å²) in [5.74, 6) is 1.38. The van der Waals surface area contributed by atoms with E-state index in [1.807, 2.05) is 23.6 Å². The summed E-state index contributed by atoms with van der Waals surface area (Å²) in [6, 6.07) is 0. The zero-order valence-corrected chi connectivity index (χ0v) is 15.3. The molecule has 5 nitrogen and oxygen atoms in total. The minimum atomic E-state index is 0.0521. The summed E-state index contributed by atoms with van der Waals surface area (Å²) in [7, 11) is 0. The van der Waals surface area contributed by atoms with Crippen LogP contribution in [0.4, 0.5) is 0 Å². The largest absolute Gasteiger partial charge is 0.342 e. The molecule has 23 heavy (non-hydrogen) atoms. The zero-order chi connectivity index (χ0) is 17.0. The number of amides is 2. The fourth-order valence-electron chi connectivity index (χ4n) is 3.64. The van der Waals surface area contributed by atoms with E-state index < -0.39 is 0 Å². The molecular weight excluding hydrogens is 290 g/mol. The number of rotatable bonds is 4. The van der Waals surface area contributed by atoms with E-state index in [-0.39, 0.29) is 17.7 Å². The molecule has 132 valence electrons. The second kappa shape index (κ2) is 8.13. The van der Waals surface area contributed by atoms with Gasteiger partial charge in [-0.25, -0.2) is 0 Å². The quantitative estimate of drug-likeness (QED) is 0.791. The molecular formula is C18H33N3O2. The molecule has 0 atom stereocenters. The molecule has 2 aliphatic rings. The van der Waals surface area contributed by atoms with Crippen LogP contribution in [0.25, 0.3) is 0 Å². The van der Waals surface area contributed by atoms with Crippen molar-refractivity contribution < 1.29 is 9.59 Å². The van der Waals surface area contributed by atoms with Crippen molar-refractivity contribution in [3.63, 3.8) is 0 Å². The number of likely N-dealkylation sites (tertiary alicyclic amines) is 1. The maximum absolute atomic E-state index is 12.7. The molecule has 0 radical (unpaired) electrons. The maximum atomic E-state index is 12.7. The predicted molar refractivity (Wildman–Crippen MR) is 92.0 cm³/mol. The molecule has 0 aromatic rings. The van der Waals surface area contributed by atoms with Crippen molar-refractivity contribution in [2.24, 2.45) is 17.8 Å². The van der Waals surface area contributed by atoms with Gasteiger partial charge in [0, 0.05) is 57.6 Å². The summed E-state index contributed by atoms with van der Waals surface area (Å²) < 4.78 is 0. The third-order valence-corrected chi connectivity index (χ3v) is 4.96. The fraction of sp³-hybridized carbons (Fsp3) is 0.889. The Balaban J connectivity index is 1.76. The van der Waals surface area contributed by atoms with Crippen molar-refractivity contribution in [3.8, 4) is 0 Å². The van der Waals surface area contributed by atoms with Gasteiger partial charge in [0.25, 0.3) is 0 Å². The Labute approximate surface area is 141 Å². The van der Waals surface area contributed by atoms with Crippen molar-refractivity contribution in [2.75, 3.05) is 45.8 Å². The summed E-state index contributed by atoms with van der Waals surface area (Å²) in [5, 5.41) is 0. The molecule has 0 unspecified atom stereocenters. The molecule has 5 heteroatoms. The van der Waals surface area contributed by atoms with E-state index in [4.69, 9.17) is 0 Å². The van der Waals surface area contributed by atoms with E-state index in [0.717, 1.165) is 58.7 Å². The van der Waals surface area contributed by atoms with Crippen molar-refractivity contribution >= 4 is 11.8 Å². The van der Waals surface area contributed by atoms with Crippen LogP contribution in [-0.2, 0) is 9.59 Å². The highest BCUT2D eigenvalue weighted by Gasteiger charge is 2.32. The number of carbonyl (C=O) groups excluding carboxylic acids is 2. The van der Waals surface area contributed by atoms with Crippen LogP contribution in [0.5, 0.6) is 0 Å². The van der Waals surface area contributed by atoms with E-state index in [1.54, 1.807) is 0 Å². The second-order valence-electron chi connectivity index (χ2n) is 7.77. The first-order valence-corrected chi connectivity index (χ1v) is 9.18. The average molecular weight is 323 g/mol. The van der Waals surface area contributed by atoms with Gasteiger partial charge in [-0.05, 0) is 18.8 Å². The van der Waals surface area contributed by atoms with E-state index in [2.05, 4.69) is 18.7 Å². The third-order valence-electron chi connectivity index (χ3n) is 4.96. The van der Waals surface area contributed by atoms with Gasteiger partial charge in [0.05, 0.1) is 0 Å². The lowest BCUT2D eigenvalue weighted by Gasteiger charge is -2.39. The smallest absolute Gasteiger partial charge is 0.225 e. The highest BCUT2D eigenvalue weighted by atomic mass is 16.2. The minimum absolute atomic E-state index is 0.0521. The van der Waals surface area contributed by atoms with Gasteiger partial charge < -0.3 is 9.80 Å². The SMILES string of the molecule is CC(C)CN1CCN(C(=O)C2CCN(C(=O)C(C)C)CC2)CC1. The van der Waals surface area contributed by atoms with Crippen LogP contribution >= 0.6 is 0 Å². The van der Waals surface area contributed by atoms with Crippen molar-refractivity contribution in [3.05, 3.63) is 0 Å². The van der Waals surface area contributed by atoms with Crippen LogP contribution in [0.1, 0.15) is 40.5 Å². The van der Waals surface area contributed by atoms with E-state index in [1.165, 1.54) is 0 Å². The molecule has 0 aromatic carbocycles. The summed E-state index contributed by atoms with van der Waals surface area (Å²) in [4.78, 5) is 31.1. The summed E-state index contributed by atoms with van der Waals surface area (Å²) in [6.07, 6.45) is 1.65. The second-order valence-corrected chi connectivity index (χ2v) is 7.77. The molecule has 2 saturated heterocycles. The topological polar surface area (TPSA) is 43.9 Å². The zero-order valence-electron chi connectivity index (χ0n) is 15.3. The van der Waals surface area contributed by atoms with E-state index in [9.17, 15) is 9.59 Å². The third kappa shape index (κ3) is 4.93. The molecule has 2 amide bonds. The lowest BCUT2D eigenvalue weighted by Crippen LogP contribution is -2.52. The Morgan fingerprint density at radius 1 is 0.870 bits per heavy atom.